The van der Waals surface area contributed by atoms with Crippen molar-refractivity contribution in [2.75, 3.05) is 10.6 Å². The monoisotopic (exact) mass is 345 g/mol. The van der Waals surface area contributed by atoms with Gasteiger partial charge in [0.1, 0.15) is 5.76 Å². The number of carbonyl (C=O) groups is 2. The molecule has 0 unspecified atom stereocenters. The number of furan rings is 1. The first-order valence-electron chi connectivity index (χ1n) is 7.09. The first-order chi connectivity index (χ1) is 11.5. The van der Waals surface area contributed by atoms with Gasteiger partial charge in [-0.2, -0.15) is 5.10 Å². The van der Waals surface area contributed by atoms with E-state index in [-0.39, 0.29) is 18.2 Å². The Morgan fingerprint density at radius 3 is 2.88 bits per heavy atom. The summed E-state index contributed by atoms with van der Waals surface area (Å²) in [7, 11) is 1.77. The first-order valence-corrected chi connectivity index (χ1v) is 7.97. The molecule has 8 nitrogen and oxygen atoms in total. The number of rotatable bonds is 5. The molecule has 0 atom stereocenters. The SMILES string of the molecule is Cc1occc1C(=O)Nc1nc(CC(=O)Nc2cnn(C)c2)cs1. The number of nitrogens with zero attached hydrogens (tertiary/aromatic N) is 3. The third-order valence-electron chi connectivity index (χ3n) is 3.21. The van der Waals surface area contributed by atoms with E-state index in [1.54, 1.807) is 42.5 Å². The standard InChI is InChI=1S/C15H15N5O3S/c1-9-12(3-4-23-9)14(22)19-15-18-10(8-24-15)5-13(21)17-11-6-16-20(2)7-11/h3-4,6-8H,5H2,1-2H3,(H,17,21)(H,18,19,22). The minimum Gasteiger partial charge on any atom is -0.469 e. The van der Waals surface area contributed by atoms with Gasteiger partial charge in [-0.3, -0.25) is 19.6 Å². The number of aryl methyl sites for hydroxylation is 2. The molecule has 2 N–H and O–H groups in total. The maximum absolute atomic E-state index is 12.1. The van der Waals surface area contributed by atoms with Gasteiger partial charge in [-0.1, -0.05) is 0 Å². The molecule has 3 rings (SSSR count). The van der Waals surface area contributed by atoms with Crippen molar-refractivity contribution in [3.63, 3.8) is 0 Å². The minimum absolute atomic E-state index is 0.117. The molecule has 0 fully saturated rings. The fraction of sp³-hybridized carbons (Fsp3) is 0.200. The van der Waals surface area contributed by atoms with E-state index in [0.717, 1.165) is 0 Å². The number of nitrogens with one attached hydrogen (secondary N) is 2. The second-order valence-corrected chi connectivity index (χ2v) is 5.97. The van der Waals surface area contributed by atoms with Crippen molar-refractivity contribution < 1.29 is 14.0 Å². The summed E-state index contributed by atoms with van der Waals surface area (Å²) in [5.41, 5.74) is 1.67. The van der Waals surface area contributed by atoms with Crippen LogP contribution in [-0.4, -0.2) is 26.6 Å². The van der Waals surface area contributed by atoms with Gasteiger partial charge >= 0.3 is 0 Å². The summed E-state index contributed by atoms with van der Waals surface area (Å²) < 4.78 is 6.70. The van der Waals surface area contributed by atoms with Gasteiger partial charge in [-0.25, -0.2) is 4.98 Å². The van der Waals surface area contributed by atoms with Crippen LogP contribution >= 0.6 is 11.3 Å². The normalized spacial score (nSPS) is 10.6. The molecule has 24 heavy (non-hydrogen) atoms. The Morgan fingerprint density at radius 2 is 2.21 bits per heavy atom. The Labute approximate surface area is 141 Å². The molecule has 3 aromatic rings. The summed E-state index contributed by atoms with van der Waals surface area (Å²) in [6.45, 7) is 1.71. The number of thiazole rings is 1. The third-order valence-corrected chi connectivity index (χ3v) is 4.01. The predicted octanol–water partition coefficient (Wildman–Crippen LogP) is 2.21. The lowest BCUT2D eigenvalue weighted by Gasteiger charge is -2.00. The van der Waals surface area contributed by atoms with Crippen molar-refractivity contribution >= 4 is 34.0 Å². The number of hydrogen-bond donors (Lipinski definition) is 2. The van der Waals surface area contributed by atoms with Crippen LogP contribution in [0.3, 0.4) is 0 Å². The Morgan fingerprint density at radius 1 is 1.38 bits per heavy atom. The molecule has 2 amide bonds. The van der Waals surface area contributed by atoms with Gasteiger partial charge in [0.25, 0.3) is 5.91 Å². The fourth-order valence-corrected chi connectivity index (χ4v) is 2.79. The van der Waals surface area contributed by atoms with Gasteiger partial charge in [-0.15, -0.1) is 11.3 Å². The Hall–Kier alpha value is -2.94. The first kappa shape index (κ1) is 15.9. The summed E-state index contributed by atoms with van der Waals surface area (Å²) in [6.07, 6.45) is 4.85. The van der Waals surface area contributed by atoms with Crippen molar-refractivity contribution in [1.82, 2.24) is 14.8 Å². The molecule has 0 aliphatic heterocycles. The summed E-state index contributed by atoms with van der Waals surface area (Å²) in [6, 6.07) is 1.60. The lowest BCUT2D eigenvalue weighted by atomic mass is 10.2. The molecule has 0 saturated heterocycles. The summed E-state index contributed by atoms with van der Waals surface area (Å²) >= 11 is 1.26. The lowest BCUT2D eigenvalue weighted by molar-refractivity contribution is -0.115. The fourth-order valence-electron chi connectivity index (χ4n) is 2.09. The second-order valence-electron chi connectivity index (χ2n) is 5.12. The molecule has 0 radical (unpaired) electrons. The maximum Gasteiger partial charge on any atom is 0.260 e. The molecule has 9 heteroatoms. The second kappa shape index (κ2) is 6.67. The van der Waals surface area contributed by atoms with E-state index in [1.807, 2.05) is 0 Å². The van der Waals surface area contributed by atoms with E-state index in [0.29, 0.717) is 27.8 Å². The Balaban J connectivity index is 1.58. The zero-order valence-electron chi connectivity index (χ0n) is 13.1. The highest BCUT2D eigenvalue weighted by Crippen LogP contribution is 2.18. The van der Waals surface area contributed by atoms with Gasteiger partial charge in [0.05, 0.1) is 35.8 Å². The zero-order valence-corrected chi connectivity index (χ0v) is 13.9. The summed E-state index contributed by atoms with van der Waals surface area (Å²) in [4.78, 5) is 28.3. The highest BCUT2D eigenvalue weighted by molar-refractivity contribution is 7.14. The molecular formula is C15H15N5O3S. The smallest absolute Gasteiger partial charge is 0.260 e. The zero-order chi connectivity index (χ0) is 17.1. The van der Waals surface area contributed by atoms with Crippen LogP contribution in [-0.2, 0) is 18.3 Å². The summed E-state index contributed by atoms with van der Waals surface area (Å²) in [5, 5.41) is 11.6. The number of anilines is 2. The largest absolute Gasteiger partial charge is 0.469 e. The van der Waals surface area contributed by atoms with E-state index in [9.17, 15) is 9.59 Å². The van der Waals surface area contributed by atoms with E-state index in [1.165, 1.54) is 17.6 Å². The molecule has 0 saturated carbocycles. The van der Waals surface area contributed by atoms with E-state index < -0.39 is 0 Å². The number of amides is 2. The lowest BCUT2D eigenvalue weighted by Crippen LogP contribution is -2.15. The topological polar surface area (TPSA) is 102 Å². The van der Waals surface area contributed by atoms with Gasteiger partial charge in [0.15, 0.2) is 5.13 Å². The van der Waals surface area contributed by atoms with Gasteiger partial charge in [0, 0.05) is 18.6 Å². The van der Waals surface area contributed by atoms with E-state index >= 15 is 0 Å². The van der Waals surface area contributed by atoms with Crippen molar-refractivity contribution in [2.45, 2.75) is 13.3 Å². The van der Waals surface area contributed by atoms with Crippen LogP contribution in [0.5, 0.6) is 0 Å². The molecule has 0 spiro atoms. The number of aromatic nitrogens is 3. The minimum atomic E-state index is -0.290. The van der Waals surface area contributed by atoms with Crippen LogP contribution in [0.25, 0.3) is 0 Å². The molecule has 3 heterocycles. The molecule has 124 valence electrons. The van der Waals surface area contributed by atoms with Crippen LogP contribution in [0.2, 0.25) is 0 Å². The van der Waals surface area contributed by atoms with Crippen LogP contribution in [0.1, 0.15) is 21.8 Å². The average molecular weight is 345 g/mol. The molecule has 0 aliphatic rings. The third kappa shape index (κ3) is 3.69. The molecule has 0 aliphatic carbocycles. The Bertz CT molecular complexity index is 879. The van der Waals surface area contributed by atoms with Crippen LogP contribution in [0.15, 0.2) is 34.5 Å². The summed E-state index contributed by atoms with van der Waals surface area (Å²) in [5.74, 6) is 0.0546. The van der Waals surface area contributed by atoms with Crippen molar-refractivity contribution in [3.8, 4) is 0 Å². The molecule has 0 bridgehead atoms. The highest BCUT2D eigenvalue weighted by Gasteiger charge is 2.14. The van der Waals surface area contributed by atoms with Gasteiger partial charge in [-0.05, 0) is 13.0 Å². The van der Waals surface area contributed by atoms with Crippen LogP contribution in [0.4, 0.5) is 10.8 Å². The quantitative estimate of drug-likeness (QED) is 0.738. The average Bonchev–Trinajstić information content (AvgIpc) is 3.22. The molecule has 3 aromatic heterocycles. The van der Waals surface area contributed by atoms with Crippen molar-refractivity contribution in [3.05, 3.63) is 47.1 Å². The van der Waals surface area contributed by atoms with Crippen LogP contribution < -0.4 is 10.6 Å². The van der Waals surface area contributed by atoms with E-state index in [4.69, 9.17) is 4.42 Å². The molecule has 0 aromatic carbocycles. The Kier molecular flexibility index (Phi) is 4.43. The van der Waals surface area contributed by atoms with Gasteiger partial charge in [0.2, 0.25) is 5.91 Å². The van der Waals surface area contributed by atoms with Crippen molar-refractivity contribution in [1.29, 1.82) is 0 Å². The van der Waals surface area contributed by atoms with Gasteiger partial charge < -0.3 is 9.73 Å². The number of carbonyl (C=O) groups excluding carboxylic acids is 2. The van der Waals surface area contributed by atoms with Crippen molar-refractivity contribution in [2.24, 2.45) is 7.05 Å². The highest BCUT2D eigenvalue weighted by atomic mass is 32.1. The van der Waals surface area contributed by atoms with Crippen LogP contribution in [0, 0.1) is 6.92 Å². The molecular weight excluding hydrogens is 330 g/mol. The van der Waals surface area contributed by atoms with E-state index in [2.05, 4.69) is 20.7 Å². The maximum atomic E-state index is 12.1. The predicted molar refractivity (Wildman–Crippen MR) is 89.1 cm³/mol. The number of hydrogen-bond acceptors (Lipinski definition) is 6.